The summed E-state index contributed by atoms with van der Waals surface area (Å²) in [4.78, 5) is 0. The Hall–Kier alpha value is -1.06. The molecular formula is C14H16BrNO. The molecule has 1 aromatic heterocycles. The van der Waals surface area contributed by atoms with Crippen molar-refractivity contribution in [3.05, 3.63) is 58.0 Å². The van der Waals surface area contributed by atoms with Gasteiger partial charge in [0.2, 0.25) is 0 Å². The fourth-order valence-corrected chi connectivity index (χ4v) is 2.16. The Labute approximate surface area is 110 Å². The summed E-state index contributed by atoms with van der Waals surface area (Å²) in [6.45, 7) is 2.18. The number of rotatable bonds is 4. The molecule has 1 unspecified atom stereocenters. The minimum Gasteiger partial charge on any atom is -0.452 e. The van der Waals surface area contributed by atoms with Crippen LogP contribution >= 0.6 is 15.9 Å². The van der Waals surface area contributed by atoms with E-state index in [1.807, 2.05) is 12.1 Å². The van der Waals surface area contributed by atoms with Crippen molar-refractivity contribution < 1.29 is 4.42 Å². The third-order valence-electron chi connectivity index (χ3n) is 2.78. The summed E-state index contributed by atoms with van der Waals surface area (Å²) in [5.41, 5.74) is 8.57. The van der Waals surface area contributed by atoms with E-state index in [2.05, 4.69) is 47.1 Å². The van der Waals surface area contributed by atoms with Crippen molar-refractivity contribution in [3.63, 3.8) is 0 Å². The highest BCUT2D eigenvalue weighted by Gasteiger charge is 2.12. The second kappa shape index (κ2) is 5.52. The van der Waals surface area contributed by atoms with Gasteiger partial charge in [-0.1, -0.05) is 37.6 Å². The van der Waals surface area contributed by atoms with Crippen molar-refractivity contribution in [1.82, 2.24) is 0 Å². The molecule has 3 heteroatoms. The van der Waals surface area contributed by atoms with Gasteiger partial charge < -0.3 is 10.2 Å². The van der Waals surface area contributed by atoms with Crippen LogP contribution in [0.4, 0.5) is 0 Å². The Kier molecular flexibility index (Phi) is 4.02. The number of halogens is 1. The van der Waals surface area contributed by atoms with Crippen LogP contribution in [0.1, 0.15) is 36.3 Å². The van der Waals surface area contributed by atoms with Crippen LogP contribution in [0.2, 0.25) is 0 Å². The van der Waals surface area contributed by atoms with Crippen molar-refractivity contribution in [2.24, 2.45) is 5.73 Å². The van der Waals surface area contributed by atoms with E-state index < -0.39 is 0 Å². The summed E-state index contributed by atoms with van der Waals surface area (Å²) < 4.78 is 6.18. The van der Waals surface area contributed by atoms with Gasteiger partial charge in [-0.3, -0.25) is 0 Å². The molecule has 0 saturated carbocycles. The van der Waals surface area contributed by atoms with E-state index in [1.54, 1.807) is 0 Å². The molecule has 2 rings (SSSR count). The van der Waals surface area contributed by atoms with Crippen LogP contribution in [0.5, 0.6) is 0 Å². The second-order valence-corrected chi connectivity index (χ2v) is 4.89. The molecule has 0 spiro atoms. The SMILES string of the molecule is CCCc1ccc(C(N)c2ccc(Br)o2)cc1. The average Bonchev–Trinajstić information content (AvgIpc) is 2.76. The van der Waals surface area contributed by atoms with Crippen LogP contribution in [0, 0.1) is 0 Å². The van der Waals surface area contributed by atoms with Crippen molar-refractivity contribution in [2.75, 3.05) is 0 Å². The molecule has 0 aliphatic carbocycles. The lowest BCUT2D eigenvalue weighted by Gasteiger charge is -2.09. The van der Waals surface area contributed by atoms with E-state index in [0.29, 0.717) is 4.67 Å². The minimum atomic E-state index is -0.197. The van der Waals surface area contributed by atoms with Crippen LogP contribution in [0.25, 0.3) is 0 Å². The number of hydrogen-bond donors (Lipinski definition) is 1. The third-order valence-corrected chi connectivity index (χ3v) is 3.20. The van der Waals surface area contributed by atoms with E-state index >= 15 is 0 Å². The molecule has 17 heavy (non-hydrogen) atoms. The van der Waals surface area contributed by atoms with Gasteiger partial charge in [0, 0.05) is 0 Å². The Balaban J connectivity index is 2.16. The van der Waals surface area contributed by atoms with Gasteiger partial charge in [-0.25, -0.2) is 0 Å². The fraction of sp³-hybridized carbons (Fsp3) is 0.286. The lowest BCUT2D eigenvalue weighted by molar-refractivity contribution is 0.470. The molecule has 0 saturated heterocycles. The van der Waals surface area contributed by atoms with Gasteiger partial charge >= 0.3 is 0 Å². The number of benzene rings is 1. The normalized spacial score (nSPS) is 12.6. The van der Waals surface area contributed by atoms with Crippen LogP contribution < -0.4 is 5.73 Å². The van der Waals surface area contributed by atoms with E-state index in [9.17, 15) is 0 Å². The van der Waals surface area contributed by atoms with Gasteiger partial charge in [0.05, 0.1) is 6.04 Å². The highest BCUT2D eigenvalue weighted by molar-refractivity contribution is 9.10. The molecule has 0 aliphatic rings. The molecule has 1 aromatic carbocycles. The van der Waals surface area contributed by atoms with E-state index in [-0.39, 0.29) is 6.04 Å². The molecule has 0 aliphatic heterocycles. The highest BCUT2D eigenvalue weighted by Crippen LogP contribution is 2.24. The molecule has 2 aromatic rings. The van der Waals surface area contributed by atoms with Gasteiger partial charge in [-0.15, -0.1) is 0 Å². The zero-order chi connectivity index (χ0) is 12.3. The number of nitrogens with two attached hydrogens (primary N) is 1. The van der Waals surface area contributed by atoms with Crippen LogP contribution in [0.15, 0.2) is 45.5 Å². The summed E-state index contributed by atoms with van der Waals surface area (Å²) in [6.07, 6.45) is 2.28. The summed E-state index contributed by atoms with van der Waals surface area (Å²) in [6, 6.07) is 12.0. The molecule has 0 bridgehead atoms. The fourth-order valence-electron chi connectivity index (χ4n) is 1.84. The molecule has 2 N–H and O–H groups in total. The van der Waals surface area contributed by atoms with Crippen molar-refractivity contribution in [3.8, 4) is 0 Å². The van der Waals surface area contributed by atoms with Crippen molar-refractivity contribution in [1.29, 1.82) is 0 Å². The average molecular weight is 294 g/mol. The largest absolute Gasteiger partial charge is 0.452 e. The molecule has 0 amide bonds. The van der Waals surface area contributed by atoms with Crippen LogP contribution in [-0.2, 0) is 6.42 Å². The maximum absolute atomic E-state index is 6.14. The monoisotopic (exact) mass is 293 g/mol. The van der Waals surface area contributed by atoms with Gasteiger partial charge in [0.1, 0.15) is 5.76 Å². The summed E-state index contributed by atoms with van der Waals surface area (Å²) in [5, 5.41) is 0. The zero-order valence-corrected chi connectivity index (χ0v) is 11.4. The van der Waals surface area contributed by atoms with Crippen molar-refractivity contribution in [2.45, 2.75) is 25.8 Å². The topological polar surface area (TPSA) is 39.2 Å². The second-order valence-electron chi connectivity index (χ2n) is 4.11. The summed E-state index contributed by atoms with van der Waals surface area (Å²) >= 11 is 3.28. The zero-order valence-electron chi connectivity index (χ0n) is 9.82. The van der Waals surface area contributed by atoms with Gasteiger partial charge in [-0.05, 0) is 45.6 Å². The molecule has 2 nitrogen and oxygen atoms in total. The molecule has 0 fully saturated rings. The first-order valence-corrected chi connectivity index (χ1v) is 6.59. The number of hydrogen-bond acceptors (Lipinski definition) is 2. The molecule has 0 radical (unpaired) electrons. The van der Waals surface area contributed by atoms with Crippen LogP contribution in [-0.4, -0.2) is 0 Å². The number of furan rings is 1. The summed E-state index contributed by atoms with van der Waals surface area (Å²) in [5.74, 6) is 0.778. The standard InChI is InChI=1S/C14H16BrNO/c1-2-3-10-4-6-11(7-5-10)14(16)12-8-9-13(15)17-12/h4-9,14H,2-3,16H2,1H3. The van der Waals surface area contributed by atoms with Gasteiger partial charge in [-0.2, -0.15) is 0 Å². The van der Waals surface area contributed by atoms with E-state index in [0.717, 1.165) is 24.2 Å². The Bertz CT molecular complexity index is 475. The predicted molar refractivity (Wildman–Crippen MR) is 72.9 cm³/mol. The van der Waals surface area contributed by atoms with Crippen molar-refractivity contribution >= 4 is 15.9 Å². The predicted octanol–water partition coefficient (Wildman–Crippen LogP) is 4.04. The summed E-state index contributed by atoms with van der Waals surface area (Å²) in [7, 11) is 0. The minimum absolute atomic E-state index is 0.197. The Morgan fingerprint density at radius 3 is 2.41 bits per heavy atom. The van der Waals surface area contributed by atoms with Gasteiger partial charge in [0.25, 0.3) is 0 Å². The first-order valence-electron chi connectivity index (χ1n) is 5.80. The molecule has 90 valence electrons. The molecule has 1 heterocycles. The van der Waals surface area contributed by atoms with E-state index in [1.165, 1.54) is 5.56 Å². The molecule has 1 atom stereocenters. The first-order chi connectivity index (χ1) is 8.20. The Morgan fingerprint density at radius 2 is 1.88 bits per heavy atom. The van der Waals surface area contributed by atoms with E-state index in [4.69, 9.17) is 10.2 Å². The molecular weight excluding hydrogens is 278 g/mol. The van der Waals surface area contributed by atoms with Gasteiger partial charge in [0.15, 0.2) is 4.67 Å². The van der Waals surface area contributed by atoms with Crippen LogP contribution in [0.3, 0.4) is 0 Å². The smallest absolute Gasteiger partial charge is 0.169 e. The lowest BCUT2D eigenvalue weighted by Crippen LogP contribution is -2.10. The third kappa shape index (κ3) is 2.99. The first kappa shape index (κ1) is 12.4. The lowest BCUT2D eigenvalue weighted by atomic mass is 10.0. The maximum atomic E-state index is 6.14. The Morgan fingerprint density at radius 1 is 1.18 bits per heavy atom. The number of aryl methyl sites for hydroxylation is 1. The highest BCUT2D eigenvalue weighted by atomic mass is 79.9. The maximum Gasteiger partial charge on any atom is 0.169 e. The quantitative estimate of drug-likeness (QED) is 0.924.